The normalized spacial score (nSPS) is 17.5. The van der Waals surface area contributed by atoms with Gasteiger partial charge in [-0.1, -0.05) is 0 Å². The standard InChI is InChI=1S/C10H15N3O2/c14-8-9-6-11-10(12-7-9)13-2-1-4-15-5-3-13/h6-7,14H,1-5,8H2. The maximum Gasteiger partial charge on any atom is 0.225 e. The zero-order valence-electron chi connectivity index (χ0n) is 8.59. The van der Waals surface area contributed by atoms with E-state index < -0.39 is 0 Å². The Morgan fingerprint density at radius 3 is 2.80 bits per heavy atom. The summed E-state index contributed by atoms with van der Waals surface area (Å²) in [5.74, 6) is 0.720. The summed E-state index contributed by atoms with van der Waals surface area (Å²) < 4.78 is 5.35. The zero-order chi connectivity index (χ0) is 10.5. The van der Waals surface area contributed by atoms with Crippen molar-refractivity contribution >= 4 is 5.95 Å². The van der Waals surface area contributed by atoms with Crippen LogP contribution >= 0.6 is 0 Å². The minimum absolute atomic E-state index is 0.0105. The second kappa shape index (κ2) is 5.04. The highest BCUT2D eigenvalue weighted by atomic mass is 16.5. The van der Waals surface area contributed by atoms with Crippen molar-refractivity contribution in [3.05, 3.63) is 18.0 Å². The molecule has 1 aliphatic rings. The fourth-order valence-electron chi connectivity index (χ4n) is 1.54. The molecule has 0 saturated carbocycles. The summed E-state index contributed by atoms with van der Waals surface area (Å²) in [6, 6.07) is 0. The van der Waals surface area contributed by atoms with Crippen LogP contribution in [-0.2, 0) is 11.3 Å². The van der Waals surface area contributed by atoms with Crippen molar-refractivity contribution in [3.8, 4) is 0 Å². The zero-order valence-corrected chi connectivity index (χ0v) is 8.59. The van der Waals surface area contributed by atoms with E-state index >= 15 is 0 Å². The van der Waals surface area contributed by atoms with Gasteiger partial charge in [-0.2, -0.15) is 0 Å². The second-order valence-electron chi connectivity index (χ2n) is 3.50. The number of aliphatic hydroxyl groups excluding tert-OH is 1. The molecule has 2 rings (SSSR count). The first kappa shape index (κ1) is 10.3. The molecule has 1 aliphatic heterocycles. The van der Waals surface area contributed by atoms with Crippen LogP contribution in [0.25, 0.3) is 0 Å². The molecule has 0 amide bonds. The highest BCUT2D eigenvalue weighted by Crippen LogP contribution is 2.09. The van der Waals surface area contributed by atoms with E-state index in [1.807, 2.05) is 0 Å². The molecule has 1 N–H and O–H groups in total. The molecule has 1 aromatic heterocycles. The summed E-state index contributed by atoms with van der Waals surface area (Å²) in [5, 5.41) is 8.87. The molecule has 0 aliphatic carbocycles. The quantitative estimate of drug-likeness (QED) is 0.753. The molecule has 1 aromatic rings. The SMILES string of the molecule is OCc1cnc(N2CCCOCC2)nc1. The average Bonchev–Trinajstić information content (AvgIpc) is 2.58. The molecule has 2 heterocycles. The van der Waals surface area contributed by atoms with Crippen LogP contribution in [0.4, 0.5) is 5.95 Å². The first-order chi connectivity index (χ1) is 7.40. The van der Waals surface area contributed by atoms with E-state index in [4.69, 9.17) is 9.84 Å². The number of anilines is 1. The van der Waals surface area contributed by atoms with Gasteiger partial charge in [-0.05, 0) is 6.42 Å². The summed E-state index contributed by atoms with van der Waals surface area (Å²) in [6.45, 7) is 3.29. The highest BCUT2D eigenvalue weighted by Gasteiger charge is 2.11. The number of hydrogen-bond acceptors (Lipinski definition) is 5. The fraction of sp³-hybridized carbons (Fsp3) is 0.600. The lowest BCUT2D eigenvalue weighted by molar-refractivity contribution is 0.152. The Labute approximate surface area is 88.7 Å². The van der Waals surface area contributed by atoms with Gasteiger partial charge in [0.15, 0.2) is 0 Å². The van der Waals surface area contributed by atoms with Crippen molar-refractivity contribution in [2.45, 2.75) is 13.0 Å². The number of aromatic nitrogens is 2. The molecule has 5 heteroatoms. The topological polar surface area (TPSA) is 58.5 Å². The van der Waals surface area contributed by atoms with Crippen molar-refractivity contribution in [3.63, 3.8) is 0 Å². The van der Waals surface area contributed by atoms with Gasteiger partial charge in [-0.15, -0.1) is 0 Å². The Morgan fingerprint density at radius 1 is 1.27 bits per heavy atom. The van der Waals surface area contributed by atoms with Crippen molar-refractivity contribution < 1.29 is 9.84 Å². The smallest absolute Gasteiger partial charge is 0.225 e. The molecular formula is C10H15N3O2. The third-order valence-corrected chi connectivity index (χ3v) is 2.38. The third kappa shape index (κ3) is 2.64. The van der Waals surface area contributed by atoms with Gasteiger partial charge in [-0.25, -0.2) is 9.97 Å². The van der Waals surface area contributed by atoms with Gasteiger partial charge < -0.3 is 14.7 Å². The van der Waals surface area contributed by atoms with E-state index in [2.05, 4.69) is 14.9 Å². The maximum absolute atomic E-state index is 8.87. The van der Waals surface area contributed by atoms with Crippen LogP contribution in [0, 0.1) is 0 Å². The average molecular weight is 209 g/mol. The molecule has 15 heavy (non-hydrogen) atoms. The molecule has 0 bridgehead atoms. The first-order valence-corrected chi connectivity index (χ1v) is 5.14. The van der Waals surface area contributed by atoms with Crippen LogP contribution in [0.3, 0.4) is 0 Å². The molecule has 1 fully saturated rings. The molecule has 0 atom stereocenters. The molecular weight excluding hydrogens is 194 g/mol. The molecule has 82 valence electrons. The number of aliphatic hydroxyl groups is 1. The molecule has 0 unspecified atom stereocenters. The van der Waals surface area contributed by atoms with E-state index in [0.717, 1.165) is 44.2 Å². The lowest BCUT2D eigenvalue weighted by Crippen LogP contribution is -2.27. The second-order valence-corrected chi connectivity index (χ2v) is 3.50. The maximum atomic E-state index is 8.87. The van der Waals surface area contributed by atoms with Crippen LogP contribution in [0.15, 0.2) is 12.4 Å². The third-order valence-electron chi connectivity index (χ3n) is 2.38. The van der Waals surface area contributed by atoms with Crippen molar-refractivity contribution in [1.82, 2.24) is 9.97 Å². The Kier molecular flexibility index (Phi) is 3.47. The number of nitrogens with zero attached hydrogens (tertiary/aromatic N) is 3. The van der Waals surface area contributed by atoms with E-state index in [9.17, 15) is 0 Å². The van der Waals surface area contributed by atoms with Crippen molar-refractivity contribution in [2.75, 3.05) is 31.2 Å². The highest BCUT2D eigenvalue weighted by molar-refractivity contribution is 5.29. The molecule has 0 spiro atoms. The van der Waals surface area contributed by atoms with Gasteiger partial charge in [0.05, 0.1) is 13.2 Å². The summed E-state index contributed by atoms with van der Waals surface area (Å²) in [4.78, 5) is 10.5. The van der Waals surface area contributed by atoms with E-state index in [1.54, 1.807) is 12.4 Å². The molecule has 5 nitrogen and oxygen atoms in total. The van der Waals surface area contributed by atoms with E-state index in [1.165, 1.54) is 0 Å². The predicted molar refractivity (Wildman–Crippen MR) is 55.6 cm³/mol. The summed E-state index contributed by atoms with van der Waals surface area (Å²) >= 11 is 0. The molecule has 0 aromatic carbocycles. The lowest BCUT2D eigenvalue weighted by atomic mass is 10.4. The van der Waals surface area contributed by atoms with Gasteiger partial charge >= 0.3 is 0 Å². The number of ether oxygens (including phenoxy) is 1. The summed E-state index contributed by atoms with van der Waals surface area (Å²) in [7, 11) is 0. The molecule has 0 radical (unpaired) electrons. The van der Waals surface area contributed by atoms with Crippen LogP contribution in [0.2, 0.25) is 0 Å². The fourth-order valence-corrected chi connectivity index (χ4v) is 1.54. The Hall–Kier alpha value is -1.20. The van der Waals surface area contributed by atoms with Crippen LogP contribution in [0.5, 0.6) is 0 Å². The number of hydrogen-bond donors (Lipinski definition) is 1. The minimum atomic E-state index is -0.0105. The van der Waals surface area contributed by atoms with Crippen molar-refractivity contribution in [1.29, 1.82) is 0 Å². The van der Waals surface area contributed by atoms with Crippen LogP contribution in [-0.4, -0.2) is 41.4 Å². The van der Waals surface area contributed by atoms with Crippen LogP contribution in [0.1, 0.15) is 12.0 Å². The molecule has 1 saturated heterocycles. The van der Waals surface area contributed by atoms with E-state index in [-0.39, 0.29) is 6.61 Å². The lowest BCUT2D eigenvalue weighted by Gasteiger charge is -2.18. The summed E-state index contributed by atoms with van der Waals surface area (Å²) in [6.07, 6.45) is 4.33. The Morgan fingerprint density at radius 2 is 2.07 bits per heavy atom. The van der Waals surface area contributed by atoms with Gasteiger partial charge in [0.25, 0.3) is 0 Å². The minimum Gasteiger partial charge on any atom is -0.392 e. The van der Waals surface area contributed by atoms with Gasteiger partial charge in [0, 0.05) is 37.7 Å². The predicted octanol–water partition coefficient (Wildman–Crippen LogP) is 0.196. The van der Waals surface area contributed by atoms with Crippen molar-refractivity contribution in [2.24, 2.45) is 0 Å². The largest absolute Gasteiger partial charge is 0.392 e. The van der Waals surface area contributed by atoms with Gasteiger partial charge in [0.1, 0.15) is 0 Å². The Bertz CT molecular complexity index is 294. The van der Waals surface area contributed by atoms with Crippen LogP contribution < -0.4 is 4.90 Å². The van der Waals surface area contributed by atoms with E-state index in [0.29, 0.717) is 0 Å². The van der Waals surface area contributed by atoms with Gasteiger partial charge in [-0.3, -0.25) is 0 Å². The first-order valence-electron chi connectivity index (χ1n) is 5.14. The number of rotatable bonds is 2. The monoisotopic (exact) mass is 209 g/mol. The van der Waals surface area contributed by atoms with Gasteiger partial charge in [0.2, 0.25) is 5.95 Å². The summed E-state index contributed by atoms with van der Waals surface area (Å²) in [5.41, 5.74) is 0.741. The Balaban J connectivity index is 2.06.